The lowest BCUT2D eigenvalue weighted by Crippen LogP contribution is -2.30. The zero-order valence-electron chi connectivity index (χ0n) is 17.2. The molecule has 0 radical (unpaired) electrons. The average Bonchev–Trinajstić information content (AvgIpc) is 2.73. The van der Waals surface area contributed by atoms with Crippen LogP contribution in [0, 0.1) is 11.7 Å². The van der Waals surface area contributed by atoms with Gasteiger partial charge in [-0.2, -0.15) is 9.97 Å². The van der Waals surface area contributed by atoms with Gasteiger partial charge in [-0.05, 0) is 30.5 Å². The maximum Gasteiger partial charge on any atom is 0.227 e. The Balaban J connectivity index is 1.86. The van der Waals surface area contributed by atoms with Crippen molar-refractivity contribution in [3.8, 4) is 0 Å². The van der Waals surface area contributed by atoms with Crippen LogP contribution in [-0.4, -0.2) is 37.7 Å². The fourth-order valence-corrected chi connectivity index (χ4v) is 2.79. The number of aromatic nitrogens is 4. The van der Waals surface area contributed by atoms with Crippen molar-refractivity contribution in [3.63, 3.8) is 0 Å². The van der Waals surface area contributed by atoms with Crippen molar-refractivity contribution in [3.05, 3.63) is 60.3 Å². The molecule has 30 heavy (non-hydrogen) atoms. The summed E-state index contributed by atoms with van der Waals surface area (Å²) in [5.41, 5.74) is 0.900. The van der Waals surface area contributed by atoms with Crippen LogP contribution in [-0.2, 0) is 0 Å². The Hall–Kier alpha value is -3.33. The Kier molecular flexibility index (Phi) is 7.08. The lowest BCUT2D eigenvalue weighted by atomic mass is 10.1. The standard InChI is InChI=1S/C21H26FN7O/c1-13(2)17(12-30)26-18-10-19(27-20-11-23-8-9-24-20)29-21(28-18)25-14(3)15-4-6-16(22)7-5-15/h4-11,13-14,17,30H,12H2,1-3H3,(H3,24,25,26,27,28,29)/t14-,17+/m0/s1. The van der Waals surface area contributed by atoms with Gasteiger partial charge in [0.15, 0.2) is 0 Å². The molecular formula is C21H26FN7O. The molecule has 0 saturated heterocycles. The van der Waals surface area contributed by atoms with Crippen molar-refractivity contribution in [2.75, 3.05) is 22.6 Å². The van der Waals surface area contributed by atoms with Gasteiger partial charge in [-0.1, -0.05) is 26.0 Å². The maximum atomic E-state index is 13.2. The highest BCUT2D eigenvalue weighted by molar-refractivity contribution is 5.58. The van der Waals surface area contributed by atoms with E-state index in [2.05, 4.69) is 35.9 Å². The summed E-state index contributed by atoms with van der Waals surface area (Å²) in [7, 11) is 0. The zero-order valence-corrected chi connectivity index (χ0v) is 17.2. The number of nitrogens with zero attached hydrogens (tertiary/aromatic N) is 4. The van der Waals surface area contributed by atoms with E-state index in [1.165, 1.54) is 12.1 Å². The van der Waals surface area contributed by atoms with Gasteiger partial charge in [0, 0.05) is 18.5 Å². The molecule has 2 heterocycles. The predicted molar refractivity (Wildman–Crippen MR) is 115 cm³/mol. The molecule has 2 atom stereocenters. The van der Waals surface area contributed by atoms with Gasteiger partial charge in [-0.15, -0.1) is 0 Å². The van der Waals surface area contributed by atoms with Gasteiger partial charge in [0.1, 0.15) is 23.3 Å². The number of aliphatic hydroxyl groups excluding tert-OH is 1. The van der Waals surface area contributed by atoms with Gasteiger partial charge in [-0.25, -0.2) is 9.37 Å². The predicted octanol–water partition coefficient (Wildman–Crippen LogP) is 3.75. The molecule has 0 aliphatic heterocycles. The number of hydrogen-bond donors (Lipinski definition) is 4. The van der Waals surface area contributed by atoms with Crippen LogP contribution in [0.1, 0.15) is 32.4 Å². The van der Waals surface area contributed by atoms with Gasteiger partial charge in [0.2, 0.25) is 5.95 Å². The molecule has 0 aliphatic carbocycles. The van der Waals surface area contributed by atoms with E-state index in [-0.39, 0.29) is 30.4 Å². The lowest BCUT2D eigenvalue weighted by molar-refractivity contribution is 0.249. The van der Waals surface area contributed by atoms with E-state index in [0.29, 0.717) is 23.4 Å². The normalized spacial score (nSPS) is 13.0. The van der Waals surface area contributed by atoms with Crippen LogP contribution in [0.2, 0.25) is 0 Å². The van der Waals surface area contributed by atoms with Gasteiger partial charge >= 0.3 is 0 Å². The Morgan fingerprint density at radius 2 is 1.70 bits per heavy atom. The summed E-state index contributed by atoms with van der Waals surface area (Å²) in [5, 5.41) is 19.3. The monoisotopic (exact) mass is 411 g/mol. The third-order valence-corrected chi connectivity index (χ3v) is 4.60. The first kappa shape index (κ1) is 21.4. The van der Waals surface area contributed by atoms with E-state index in [1.807, 2.05) is 20.8 Å². The highest BCUT2D eigenvalue weighted by atomic mass is 19.1. The molecule has 4 N–H and O–H groups in total. The Morgan fingerprint density at radius 1 is 0.967 bits per heavy atom. The second-order valence-electron chi connectivity index (χ2n) is 7.27. The second kappa shape index (κ2) is 9.93. The quantitative estimate of drug-likeness (QED) is 0.422. The van der Waals surface area contributed by atoms with E-state index in [0.717, 1.165) is 5.56 Å². The second-order valence-corrected chi connectivity index (χ2v) is 7.27. The summed E-state index contributed by atoms with van der Waals surface area (Å²) >= 11 is 0. The molecule has 0 fully saturated rings. The molecule has 158 valence electrons. The molecule has 0 saturated carbocycles. The third kappa shape index (κ3) is 5.84. The fourth-order valence-electron chi connectivity index (χ4n) is 2.79. The largest absolute Gasteiger partial charge is 0.394 e. The minimum atomic E-state index is -0.285. The highest BCUT2D eigenvalue weighted by Gasteiger charge is 2.15. The van der Waals surface area contributed by atoms with Gasteiger partial charge in [-0.3, -0.25) is 4.98 Å². The lowest BCUT2D eigenvalue weighted by Gasteiger charge is -2.22. The van der Waals surface area contributed by atoms with Crippen LogP contribution in [0.15, 0.2) is 48.9 Å². The van der Waals surface area contributed by atoms with E-state index < -0.39 is 0 Å². The molecule has 0 amide bonds. The smallest absolute Gasteiger partial charge is 0.227 e. The number of anilines is 4. The summed E-state index contributed by atoms with van der Waals surface area (Å²) in [5.74, 6) is 1.91. The molecule has 8 nitrogen and oxygen atoms in total. The summed E-state index contributed by atoms with van der Waals surface area (Å²) in [6.45, 7) is 5.95. The summed E-state index contributed by atoms with van der Waals surface area (Å²) in [4.78, 5) is 17.3. The molecule has 3 aromatic rings. The molecule has 0 bridgehead atoms. The molecule has 3 rings (SSSR count). The summed E-state index contributed by atoms with van der Waals surface area (Å²) < 4.78 is 13.2. The summed E-state index contributed by atoms with van der Waals surface area (Å²) in [6, 6.07) is 7.70. The highest BCUT2D eigenvalue weighted by Crippen LogP contribution is 2.23. The van der Waals surface area contributed by atoms with Crippen molar-refractivity contribution in [1.82, 2.24) is 19.9 Å². The average molecular weight is 411 g/mol. The van der Waals surface area contributed by atoms with E-state index in [4.69, 9.17) is 0 Å². The molecule has 9 heteroatoms. The molecule has 1 aromatic carbocycles. The molecule has 0 unspecified atom stereocenters. The van der Waals surface area contributed by atoms with Crippen molar-refractivity contribution in [2.24, 2.45) is 5.92 Å². The first-order chi connectivity index (χ1) is 14.4. The van der Waals surface area contributed by atoms with Crippen LogP contribution >= 0.6 is 0 Å². The summed E-state index contributed by atoms with van der Waals surface area (Å²) in [6.07, 6.45) is 4.76. The van der Waals surface area contributed by atoms with Crippen molar-refractivity contribution < 1.29 is 9.50 Å². The third-order valence-electron chi connectivity index (χ3n) is 4.60. The molecule has 0 aliphatic rings. The van der Waals surface area contributed by atoms with Crippen molar-refractivity contribution in [1.29, 1.82) is 0 Å². The maximum absolute atomic E-state index is 13.2. The van der Waals surface area contributed by atoms with Crippen LogP contribution < -0.4 is 16.0 Å². The van der Waals surface area contributed by atoms with E-state index >= 15 is 0 Å². The first-order valence-corrected chi connectivity index (χ1v) is 9.76. The van der Waals surface area contributed by atoms with E-state index in [9.17, 15) is 9.50 Å². The molecular weight excluding hydrogens is 385 g/mol. The number of hydrogen-bond acceptors (Lipinski definition) is 8. The molecule has 0 spiro atoms. The Bertz CT molecular complexity index is 938. The SMILES string of the molecule is CC(C)[C@@H](CO)Nc1cc(Nc2cnccn2)nc(N[C@@H](C)c2ccc(F)cc2)n1. The number of benzene rings is 1. The Morgan fingerprint density at radius 3 is 2.33 bits per heavy atom. The van der Waals surface area contributed by atoms with Crippen LogP contribution in [0.5, 0.6) is 0 Å². The number of halogens is 1. The topological polar surface area (TPSA) is 108 Å². The van der Waals surface area contributed by atoms with Gasteiger partial charge in [0.05, 0.1) is 24.9 Å². The number of nitrogens with one attached hydrogen (secondary N) is 3. The Labute approximate surface area is 175 Å². The number of aliphatic hydroxyl groups is 1. The number of rotatable bonds is 9. The van der Waals surface area contributed by atoms with Gasteiger partial charge < -0.3 is 21.1 Å². The van der Waals surface area contributed by atoms with Crippen molar-refractivity contribution >= 4 is 23.4 Å². The zero-order chi connectivity index (χ0) is 21.5. The van der Waals surface area contributed by atoms with Crippen molar-refractivity contribution in [2.45, 2.75) is 32.9 Å². The van der Waals surface area contributed by atoms with E-state index in [1.54, 1.807) is 36.8 Å². The first-order valence-electron chi connectivity index (χ1n) is 9.76. The minimum absolute atomic E-state index is 0.0245. The molecule has 2 aromatic heterocycles. The van der Waals surface area contributed by atoms with Gasteiger partial charge in [0.25, 0.3) is 0 Å². The van der Waals surface area contributed by atoms with Crippen LogP contribution in [0.4, 0.5) is 27.8 Å². The van der Waals surface area contributed by atoms with Crippen LogP contribution in [0.25, 0.3) is 0 Å². The van der Waals surface area contributed by atoms with Crippen LogP contribution in [0.3, 0.4) is 0 Å². The minimum Gasteiger partial charge on any atom is -0.394 e. The fraction of sp³-hybridized carbons (Fsp3) is 0.333.